The van der Waals surface area contributed by atoms with Crippen molar-refractivity contribution in [1.82, 2.24) is 4.57 Å². The number of aliphatic carboxylic acids is 1. The Morgan fingerprint density at radius 2 is 1.89 bits per heavy atom. The first-order chi connectivity index (χ1) is 13.1. The lowest BCUT2D eigenvalue weighted by atomic mass is 10.2. The number of benzene rings is 2. The van der Waals surface area contributed by atoms with Crippen LogP contribution in [-0.4, -0.2) is 28.1 Å². The fourth-order valence-electron chi connectivity index (χ4n) is 2.93. The molecular formula is C20H18F3NO4. The van der Waals surface area contributed by atoms with E-state index in [2.05, 4.69) is 4.74 Å². The molecule has 3 rings (SSSR count). The summed E-state index contributed by atoms with van der Waals surface area (Å²) in [5, 5.41) is 9.75. The molecule has 1 heterocycles. The van der Waals surface area contributed by atoms with Crippen molar-refractivity contribution in [3.63, 3.8) is 0 Å². The van der Waals surface area contributed by atoms with E-state index < -0.39 is 18.4 Å². The summed E-state index contributed by atoms with van der Waals surface area (Å²) in [6, 6.07) is 13.0. The van der Waals surface area contributed by atoms with Gasteiger partial charge in [0, 0.05) is 23.7 Å². The van der Waals surface area contributed by atoms with Crippen LogP contribution in [0.1, 0.15) is 18.2 Å². The molecule has 0 saturated heterocycles. The van der Waals surface area contributed by atoms with Crippen molar-refractivity contribution < 1.29 is 32.5 Å². The van der Waals surface area contributed by atoms with Gasteiger partial charge in [0.05, 0.1) is 5.52 Å². The molecule has 0 bridgehead atoms. The van der Waals surface area contributed by atoms with Crippen LogP contribution in [0.3, 0.4) is 0 Å². The number of carboxylic acids is 1. The highest BCUT2D eigenvalue weighted by molar-refractivity contribution is 5.83. The van der Waals surface area contributed by atoms with E-state index in [4.69, 9.17) is 9.84 Å². The molecule has 0 fully saturated rings. The van der Waals surface area contributed by atoms with Gasteiger partial charge in [0.1, 0.15) is 11.5 Å². The number of ether oxygens (including phenoxy) is 2. The molecular weight excluding hydrogens is 375 g/mol. The summed E-state index contributed by atoms with van der Waals surface area (Å²) in [7, 11) is 0. The Bertz CT molecular complexity index is 1010. The topological polar surface area (TPSA) is 60.7 Å². The average Bonchev–Trinajstić information content (AvgIpc) is 2.89. The fourth-order valence-corrected chi connectivity index (χ4v) is 2.93. The lowest BCUT2D eigenvalue weighted by Gasteiger charge is -2.14. The van der Waals surface area contributed by atoms with Crippen molar-refractivity contribution in [2.24, 2.45) is 0 Å². The van der Waals surface area contributed by atoms with E-state index in [1.807, 2.05) is 23.6 Å². The maximum Gasteiger partial charge on any atom is 0.573 e. The van der Waals surface area contributed by atoms with E-state index in [1.165, 1.54) is 19.1 Å². The number of fused-ring (bicyclic) bond motifs is 1. The largest absolute Gasteiger partial charge is 0.573 e. The molecule has 0 radical (unpaired) electrons. The van der Waals surface area contributed by atoms with Crippen molar-refractivity contribution >= 4 is 16.9 Å². The molecule has 0 spiro atoms. The highest BCUT2D eigenvalue weighted by Crippen LogP contribution is 2.29. The minimum Gasteiger partial charge on any atom is -0.479 e. The number of nitrogens with zero attached hydrogens (tertiary/aromatic N) is 1. The number of hydrogen-bond donors (Lipinski definition) is 1. The van der Waals surface area contributed by atoms with Crippen LogP contribution in [0.4, 0.5) is 13.2 Å². The van der Waals surface area contributed by atoms with Crippen LogP contribution < -0.4 is 9.47 Å². The highest BCUT2D eigenvalue weighted by Gasteiger charge is 2.31. The Labute approximate surface area is 158 Å². The lowest BCUT2D eigenvalue weighted by Crippen LogP contribution is -2.22. The summed E-state index contributed by atoms with van der Waals surface area (Å²) in [5.74, 6) is -0.954. The first-order valence-corrected chi connectivity index (χ1v) is 8.46. The molecule has 1 N–H and O–H groups in total. The number of carboxylic acid groups (broad SMARTS) is 1. The van der Waals surface area contributed by atoms with Crippen molar-refractivity contribution in [1.29, 1.82) is 0 Å². The zero-order valence-corrected chi connectivity index (χ0v) is 15.2. The second-order valence-corrected chi connectivity index (χ2v) is 6.39. The third-order valence-electron chi connectivity index (χ3n) is 4.22. The van der Waals surface area contributed by atoms with E-state index in [9.17, 15) is 18.0 Å². The molecule has 1 aromatic heterocycles. The molecule has 148 valence electrons. The Morgan fingerprint density at radius 3 is 2.57 bits per heavy atom. The molecule has 0 aliphatic heterocycles. The van der Waals surface area contributed by atoms with Gasteiger partial charge in [0.25, 0.3) is 0 Å². The van der Waals surface area contributed by atoms with Crippen LogP contribution in [-0.2, 0) is 11.3 Å². The van der Waals surface area contributed by atoms with E-state index in [0.717, 1.165) is 16.6 Å². The maximum atomic E-state index is 12.5. The third-order valence-corrected chi connectivity index (χ3v) is 4.22. The molecule has 0 aliphatic carbocycles. The van der Waals surface area contributed by atoms with Crippen LogP contribution >= 0.6 is 0 Å². The number of halogens is 3. The van der Waals surface area contributed by atoms with Gasteiger partial charge >= 0.3 is 12.3 Å². The summed E-state index contributed by atoms with van der Waals surface area (Å²) < 4.78 is 48.8. The highest BCUT2D eigenvalue weighted by atomic mass is 19.4. The second-order valence-electron chi connectivity index (χ2n) is 6.39. The normalized spacial score (nSPS) is 12.8. The Balaban J connectivity index is 1.90. The predicted molar refractivity (Wildman–Crippen MR) is 96.6 cm³/mol. The molecule has 0 aliphatic rings. The molecule has 1 unspecified atom stereocenters. The minimum absolute atomic E-state index is 0.285. The van der Waals surface area contributed by atoms with Gasteiger partial charge < -0.3 is 19.1 Å². The molecule has 2 aromatic carbocycles. The van der Waals surface area contributed by atoms with E-state index in [-0.39, 0.29) is 5.75 Å². The summed E-state index contributed by atoms with van der Waals surface area (Å²) in [6.45, 7) is 3.67. The fraction of sp³-hybridized carbons (Fsp3) is 0.250. The summed E-state index contributed by atoms with van der Waals surface area (Å²) >= 11 is 0. The van der Waals surface area contributed by atoms with E-state index in [0.29, 0.717) is 17.8 Å². The smallest absolute Gasteiger partial charge is 0.479 e. The average molecular weight is 393 g/mol. The molecule has 3 aromatic rings. The van der Waals surface area contributed by atoms with Gasteiger partial charge in [-0.3, -0.25) is 0 Å². The Morgan fingerprint density at radius 1 is 1.14 bits per heavy atom. The summed E-state index contributed by atoms with van der Waals surface area (Å²) in [5.41, 5.74) is 2.28. The quantitative estimate of drug-likeness (QED) is 0.657. The SMILES string of the molecule is Cc1cc2ccc(OC(F)(F)F)cc2n1Cc1cccc(OC(C)C(=O)O)c1. The standard InChI is InChI=1S/C20H18F3NO4/c1-12-8-15-6-7-17(28-20(21,22)23)10-18(15)24(12)11-14-4-3-5-16(9-14)27-13(2)19(25)26/h3-10,13H,11H2,1-2H3,(H,25,26). The number of hydrogen-bond acceptors (Lipinski definition) is 3. The minimum atomic E-state index is -4.76. The van der Waals surface area contributed by atoms with Gasteiger partial charge in [-0.25, -0.2) is 4.79 Å². The van der Waals surface area contributed by atoms with Gasteiger partial charge in [-0.2, -0.15) is 0 Å². The van der Waals surface area contributed by atoms with Crippen molar-refractivity contribution in [2.45, 2.75) is 32.9 Å². The lowest BCUT2D eigenvalue weighted by molar-refractivity contribution is -0.274. The van der Waals surface area contributed by atoms with Crippen LogP contribution in [0, 0.1) is 6.92 Å². The van der Waals surface area contributed by atoms with Gasteiger partial charge in [-0.1, -0.05) is 12.1 Å². The van der Waals surface area contributed by atoms with Crippen molar-refractivity contribution in [3.05, 3.63) is 59.8 Å². The van der Waals surface area contributed by atoms with Gasteiger partial charge in [-0.05, 0) is 49.7 Å². The first kappa shape index (κ1) is 19.6. The first-order valence-electron chi connectivity index (χ1n) is 8.46. The second kappa shape index (κ2) is 7.46. The number of rotatable bonds is 6. The number of alkyl halides is 3. The predicted octanol–water partition coefficient (Wildman–Crippen LogP) is 4.75. The van der Waals surface area contributed by atoms with Crippen LogP contribution in [0.25, 0.3) is 10.9 Å². The van der Waals surface area contributed by atoms with Crippen LogP contribution in [0.15, 0.2) is 48.5 Å². The molecule has 8 heteroatoms. The molecule has 1 atom stereocenters. The Hall–Kier alpha value is -3.16. The summed E-state index contributed by atoms with van der Waals surface area (Å²) in [6.07, 6.45) is -5.75. The van der Waals surface area contributed by atoms with Crippen LogP contribution in [0.5, 0.6) is 11.5 Å². The zero-order valence-electron chi connectivity index (χ0n) is 15.2. The number of aryl methyl sites for hydroxylation is 1. The number of aromatic nitrogens is 1. The molecule has 0 amide bonds. The number of carbonyl (C=O) groups is 1. The van der Waals surface area contributed by atoms with Crippen molar-refractivity contribution in [3.8, 4) is 11.5 Å². The van der Waals surface area contributed by atoms with Crippen molar-refractivity contribution in [2.75, 3.05) is 0 Å². The third kappa shape index (κ3) is 4.57. The molecule has 28 heavy (non-hydrogen) atoms. The van der Waals surface area contributed by atoms with Gasteiger partial charge in [0.2, 0.25) is 0 Å². The van der Waals surface area contributed by atoms with Crippen LogP contribution in [0.2, 0.25) is 0 Å². The molecule has 5 nitrogen and oxygen atoms in total. The summed E-state index contributed by atoms with van der Waals surface area (Å²) in [4.78, 5) is 10.9. The van der Waals surface area contributed by atoms with Gasteiger partial charge in [-0.15, -0.1) is 13.2 Å². The van der Waals surface area contributed by atoms with Gasteiger partial charge in [0.15, 0.2) is 6.10 Å². The monoisotopic (exact) mass is 393 g/mol. The Kier molecular flexibility index (Phi) is 5.22. The van der Waals surface area contributed by atoms with E-state index >= 15 is 0 Å². The zero-order chi connectivity index (χ0) is 20.5. The van der Waals surface area contributed by atoms with E-state index in [1.54, 1.807) is 24.3 Å². The maximum absolute atomic E-state index is 12.5. The molecule has 0 saturated carbocycles.